The highest BCUT2D eigenvalue weighted by atomic mass is 127. The van der Waals surface area contributed by atoms with Gasteiger partial charge < -0.3 is 5.32 Å². The predicted octanol–water partition coefficient (Wildman–Crippen LogP) is 3.46. The first-order valence-corrected chi connectivity index (χ1v) is 7.29. The Bertz CT molecular complexity index is 405. The molecule has 3 heteroatoms. The van der Waals surface area contributed by atoms with E-state index in [2.05, 4.69) is 34.8 Å². The van der Waals surface area contributed by atoms with Gasteiger partial charge >= 0.3 is 0 Å². The summed E-state index contributed by atoms with van der Waals surface area (Å²) in [4.78, 5) is 12.0. The summed E-state index contributed by atoms with van der Waals surface area (Å²) in [5, 5.41) is 3.07. The van der Waals surface area contributed by atoms with Crippen LogP contribution in [-0.2, 0) is 0 Å². The summed E-state index contributed by atoms with van der Waals surface area (Å²) in [6.07, 6.45) is 3.88. The van der Waals surface area contributed by atoms with Gasteiger partial charge in [-0.05, 0) is 53.0 Å². The first-order chi connectivity index (χ1) is 8.18. The number of rotatable bonds is 3. The SMILES string of the molecule is CC1CCCC1CNC(=O)c1ccccc1I. The summed E-state index contributed by atoms with van der Waals surface area (Å²) in [7, 11) is 0. The average molecular weight is 343 g/mol. The van der Waals surface area contributed by atoms with Crippen LogP contribution in [0.25, 0.3) is 0 Å². The minimum absolute atomic E-state index is 0.0640. The molecule has 0 aliphatic heterocycles. The number of carbonyl (C=O) groups excluding carboxylic acids is 1. The molecule has 0 spiro atoms. The highest BCUT2D eigenvalue weighted by Crippen LogP contribution is 2.30. The summed E-state index contributed by atoms with van der Waals surface area (Å²) in [6, 6.07) is 7.72. The molecule has 2 atom stereocenters. The van der Waals surface area contributed by atoms with Crippen molar-refractivity contribution in [3.05, 3.63) is 33.4 Å². The Morgan fingerprint density at radius 3 is 2.82 bits per heavy atom. The summed E-state index contributed by atoms with van der Waals surface area (Å²) in [6.45, 7) is 3.11. The van der Waals surface area contributed by atoms with Gasteiger partial charge in [-0.25, -0.2) is 0 Å². The lowest BCUT2D eigenvalue weighted by molar-refractivity contribution is 0.0943. The van der Waals surface area contributed by atoms with Crippen molar-refractivity contribution in [3.8, 4) is 0 Å². The van der Waals surface area contributed by atoms with Crippen LogP contribution in [0.3, 0.4) is 0 Å². The zero-order valence-corrected chi connectivity index (χ0v) is 12.2. The molecule has 0 saturated heterocycles. The second-order valence-electron chi connectivity index (χ2n) is 4.86. The molecule has 2 rings (SSSR count). The molecule has 1 aliphatic rings. The van der Waals surface area contributed by atoms with E-state index in [0.717, 1.165) is 21.6 Å². The van der Waals surface area contributed by atoms with Crippen molar-refractivity contribution in [2.75, 3.05) is 6.54 Å². The van der Waals surface area contributed by atoms with Crippen LogP contribution in [0.4, 0.5) is 0 Å². The van der Waals surface area contributed by atoms with E-state index in [4.69, 9.17) is 0 Å². The third kappa shape index (κ3) is 3.21. The van der Waals surface area contributed by atoms with E-state index in [1.54, 1.807) is 0 Å². The summed E-state index contributed by atoms with van der Waals surface area (Å²) >= 11 is 2.21. The first-order valence-electron chi connectivity index (χ1n) is 6.21. The lowest BCUT2D eigenvalue weighted by Crippen LogP contribution is -2.30. The van der Waals surface area contributed by atoms with Gasteiger partial charge in [0.05, 0.1) is 5.56 Å². The van der Waals surface area contributed by atoms with Crippen molar-refractivity contribution in [1.29, 1.82) is 0 Å². The van der Waals surface area contributed by atoms with Crippen LogP contribution in [0.2, 0.25) is 0 Å². The molecule has 17 heavy (non-hydrogen) atoms. The van der Waals surface area contributed by atoms with Gasteiger partial charge in [0.25, 0.3) is 5.91 Å². The zero-order valence-electron chi connectivity index (χ0n) is 10.1. The number of benzene rings is 1. The van der Waals surface area contributed by atoms with E-state index < -0.39 is 0 Å². The molecular formula is C14H18INO. The van der Waals surface area contributed by atoms with Crippen molar-refractivity contribution in [2.45, 2.75) is 26.2 Å². The van der Waals surface area contributed by atoms with E-state index in [1.807, 2.05) is 24.3 Å². The van der Waals surface area contributed by atoms with Gasteiger partial charge in [0.1, 0.15) is 0 Å². The molecule has 0 radical (unpaired) electrons. The van der Waals surface area contributed by atoms with E-state index >= 15 is 0 Å². The van der Waals surface area contributed by atoms with Gasteiger partial charge in [-0.15, -0.1) is 0 Å². The molecule has 2 nitrogen and oxygen atoms in total. The fourth-order valence-corrected chi connectivity index (χ4v) is 3.12. The third-order valence-corrected chi connectivity index (χ3v) is 4.62. The molecular weight excluding hydrogens is 325 g/mol. The van der Waals surface area contributed by atoms with Gasteiger partial charge in [0.2, 0.25) is 0 Å². The lowest BCUT2D eigenvalue weighted by atomic mass is 9.98. The van der Waals surface area contributed by atoms with Crippen LogP contribution in [0.15, 0.2) is 24.3 Å². The number of nitrogens with one attached hydrogen (secondary N) is 1. The van der Waals surface area contributed by atoms with E-state index in [1.165, 1.54) is 19.3 Å². The van der Waals surface area contributed by atoms with Crippen molar-refractivity contribution in [3.63, 3.8) is 0 Å². The molecule has 0 bridgehead atoms. The van der Waals surface area contributed by atoms with Crippen LogP contribution in [-0.4, -0.2) is 12.5 Å². The maximum Gasteiger partial charge on any atom is 0.252 e. The fraction of sp³-hybridized carbons (Fsp3) is 0.500. The molecule has 0 aromatic heterocycles. The molecule has 1 aromatic rings. The monoisotopic (exact) mass is 343 g/mol. The summed E-state index contributed by atoms with van der Waals surface area (Å²) in [5.74, 6) is 1.49. The van der Waals surface area contributed by atoms with Gasteiger partial charge in [-0.1, -0.05) is 31.9 Å². The second-order valence-corrected chi connectivity index (χ2v) is 6.02. The van der Waals surface area contributed by atoms with Crippen molar-refractivity contribution in [2.24, 2.45) is 11.8 Å². The van der Waals surface area contributed by atoms with Gasteiger partial charge in [-0.2, -0.15) is 0 Å². The Morgan fingerprint density at radius 1 is 1.41 bits per heavy atom. The van der Waals surface area contributed by atoms with Gasteiger partial charge in [0, 0.05) is 10.1 Å². The van der Waals surface area contributed by atoms with Crippen LogP contribution in [0.1, 0.15) is 36.5 Å². The van der Waals surface area contributed by atoms with E-state index in [9.17, 15) is 4.79 Å². The third-order valence-electron chi connectivity index (χ3n) is 3.68. The Balaban J connectivity index is 1.91. The van der Waals surface area contributed by atoms with Gasteiger partial charge in [-0.3, -0.25) is 4.79 Å². The molecule has 1 aromatic carbocycles. The van der Waals surface area contributed by atoms with Crippen LogP contribution >= 0.6 is 22.6 Å². The highest BCUT2D eigenvalue weighted by Gasteiger charge is 2.23. The molecule has 1 saturated carbocycles. The molecule has 92 valence electrons. The minimum Gasteiger partial charge on any atom is -0.352 e. The quantitative estimate of drug-likeness (QED) is 0.837. The normalized spacial score (nSPS) is 23.6. The molecule has 1 aliphatic carbocycles. The second kappa shape index (κ2) is 5.85. The highest BCUT2D eigenvalue weighted by molar-refractivity contribution is 14.1. The minimum atomic E-state index is 0.0640. The van der Waals surface area contributed by atoms with Crippen molar-refractivity contribution < 1.29 is 4.79 Å². The Hall–Kier alpha value is -0.580. The lowest BCUT2D eigenvalue weighted by Gasteiger charge is -2.16. The standard InChI is InChI=1S/C14H18INO/c1-10-5-4-6-11(10)9-16-14(17)12-7-2-3-8-13(12)15/h2-3,7-8,10-11H,4-6,9H2,1H3,(H,16,17). The summed E-state index contributed by atoms with van der Waals surface area (Å²) < 4.78 is 1.02. The molecule has 2 unspecified atom stereocenters. The smallest absolute Gasteiger partial charge is 0.252 e. The molecule has 1 fully saturated rings. The van der Waals surface area contributed by atoms with Crippen LogP contribution in [0.5, 0.6) is 0 Å². The number of carbonyl (C=O) groups is 1. The maximum atomic E-state index is 12.0. The maximum absolute atomic E-state index is 12.0. The van der Waals surface area contributed by atoms with E-state index in [0.29, 0.717) is 5.92 Å². The molecule has 0 heterocycles. The molecule has 1 amide bonds. The fourth-order valence-electron chi connectivity index (χ4n) is 2.49. The first kappa shape index (κ1) is 12.9. The van der Waals surface area contributed by atoms with Crippen molar-refractivity contribution in [1.82, 2.24) is 5.32 Å². The topological polar surface area (TPSA) is 29.1 Å². The Labute approximate surface area is 116 Å². The van der Waals surface area contributed by atoms with Gasteiger partial charge in [0.15, 0.2) is 0 Å². The van der Waals surface area contributed by atoms with Crippen LogP contribution in [0, 0.1) is 15.4 Å². The average Bonchev–Trinajstić information content (AvgIpc) is 2.72. The Morgan fingerprint density at radius 2 is 2.18 bits per heavy atom. The number of hydrogen-bond acceptors (Lipinski definition) is 1. The number of halogens is 1. The summed E-state index contributed by atoms with van der Waals surface area (Å²) in [5.41, 5.74) is 0.791. The number of hydrogen-bond donors (Lipinski definition) is 1. The van der Waals surface area contributed by atoms with E-state index in [-0.39, 0.29) is 5.91 Å². The number of amides is 1. The van der Waals surface area contributed by atoms with Crippen LogP contribution < -0.4 is 5.32 Å². The van der Waals surface area contributed by atoms with Crippen molar-refractivity contribution >= 4 is 28.5 Å². The molecule has 1 N–H and O–H groups in total. The largest absolute Gasteiger partial charge is 0.352 e. The predicted molar refractivity (Wildman–Crippen MR) is 78.0 cm³/mol. The Kier molecular flexibility index (Phi) is 4.42. The zero-order chi connectivity index (χ0) is 12.3.